The Labute approximate surface area is 184 Å². The first-order valence-electron chi connectivity index (χ1n) is 10.5. The number of carbonyl (C=O) groups is 2. The molecule has 8 nitrogen and oxygen atoms in total. The van der Waals surface area contributed by atoms with Crippen LogP contribution in [0.25, 0.3) is 0 Å². The molecule has 1 aromatic rings. The Bertz CT molecular complexity index is 948. The molecule has 0 heterocycles. The minimum absolute atomic E-state index is 0.0105. The van der Waals surface area contributed by atoms with Gasteiger partial charge in [0, 0.05) is 13.1 Å². The van der Waals surface area contributed by atoms with Crippen LogP contribution in [0.2, 0.25) is 0 Å². The fourth-order valence-electron chi connectivity index (χ4n) is 3.43. The van der Waals surface area contributed by atoms with Crippen molar-refractivity contribution in [2.45, 2.75) is 69.4 Å². The van der Waals surface area contributed by atoms with Gasteiger partial charge in [-0.25, -0.2) is 13.2 Å². The van der Waals surface area contributed by atoms with Gasteiger partial charge in [0.2, 0.25) is 10.0 Å². The van der Waals surface area contributed by atoms with Gasteiger partial charge in [0.05, 0.1) is 16.5 Å². The second-order valence-corrected chi connectivity index (χ2v) is 10.4. The van der Waals surface area contributed by atoms with E-state index in [1.807, 2.05) is 6.07 Å². The Balaban J connectivity index is 2.06. The smallest absolute Gasteiger partial charge is 0.338 e. The summed E-state index contributed by atoms with van der Waals surface area (Å²) in [7, 11) is -2.18. The van der Waals surface area contributed by atoms with Gasteiger partial charge in [-0.1, -0.05) is 39.2 Å². The van der Waals surface area contributed by atoms with Crippen molar-refractivity contribution in [3.8, 4) is 6.07 Å². The zero-order valence-corrected chi connectivity index (χ0v) is 19.4. The number of nitriles is 1. The zero-order valence-electron chi connectivity index (χ0n) is 18.6. The highest BCUT2D eigenvalue weighted by atomic mass is 32.2. The van der Waals surface area contributed by atoms with E-state index in [0.717, 1.165) is 32.1 Å². The molecule has 9 heteroatoms. The third kappa shape index (κ3) is 6.05. The average Bonchev–Trinajstić information content (AvgIpc) is 2.77. The molecular formula is C22H31N3O5S. The van der Waals surface area contributed by atoms with Crippen molar-refractivity contribution in [3.63, 3.8) is 0 Å². The lowest BCUT2D eigenvalue weighted by Gasteiger charge is -2.30. The predicted octanol–water partition coefficient (Wildman–Crippen LogP) is 2.85. The van der Waals surface area contributed by atoms with Gasteiger partial charge in [0.25, 0.3) is 5.91 Å². The molecule has 1 N–H and O–H groups in total. The standard InChI is InChI=1S/C22H31N3O5S/c1-16(2)22(3,15-23)24-20(26)14-30-21(27)17-9-8-12-19(13-17)31(28,29)25(4)18-10-6-5-7-11-18/h8-9,12-13,16,18H,5-7,10-11,14H2,1-4H3,(H,24,26)/t22-/m0/s1. The van der Waals surface area contributed by atoms with Crippen molar-refractivity contribution >= 4 is 21.9 Å². The number of amides is 1. The molecule has 1 amide bonds. The summed E-state index contributed by atoms with van der Waals surface area (Å²) in [6, 6.07) is 7.62. The molecular weight excluding hydrogens is 418 g/mol. The normalized spacial score (nSPS) is 17.1. The Morgan fingerprint density at radius 3 is 2.52 bits per heavy atom. The number of rotatable bonds is 8. The maximum Gasteiger partial charge on any atom is 0.338 e. The van der Waals surface area contributed by atoms with Gasteiger partial charge >= 0.3 is 5.97 Å². The summed E-state index contributed by atoms with van der Waals surface area (Å²) >= 11 is 0. The first-order chi connectivity index (χ1) is 14.5. The number of esters is 1. The van der Waals surface area contributed by atoms with Gasteiger partial charge in [0.15, 0.2) is 6.61 Å². The topological polar surface area (TPSA) is 117 Å². The van der Waals surface area contributed by atoms with Crippen molar-refractivity contribution < 1.29 is 22.7 Å². The summed E-state index contributed by atoms with van der Waals surface area (Å²) in [6.07, 6.45) is 4.76. The van der Waals surface area contributed by atoms with Crippen LogP contribution in [0.3, 0.4) is 0 Å². The van der Waals surface area contributed by atoms with Crippen LogP contribution in [0.5, 0.6) is 0 Å². The first-order valence-corrected chi connectivity index (χ1v) is 11.9. The highest BCUT2D eigenvalue weighted by molar-refractivity contribution is 7.89. The third-order valence-corrected chi connectivity index (χ3v) is 7.86. The van der Waals surface area contributed by atoms with E-state index in [4.69, 9.17) is 4.74 Å². The monoisotopic (exact) mass is 449 g/mol. The molecule has 170 valence electrons. The van der Waals surface area contributed by atoms with Gasteiger partial charge < -0.3 is 10.1 Å². The third-order valence-electron chi connectivity index (χ3n) is 5.96. The highest BCUT2D eigenvalue weighted by Gasteiger charge is 2.31. The molecule has 31 heavy (non-hydrogen) atoms. The molecule has 0 aromatic heterocycles. The van der Waals surface area contributed by atoms with E-state index in [9.17, 15) is 23.3 Å². The summed E-state index contributed by atoms with van der Waals surface area (Å²) in [5.41, 5.74) is -1.04. The quantitative estimate of drug-likeness (QED) is 0.610. The summed E-state index contributed by atoms with van der Waals surface area (Å²) in [6.45, 7) is 4.62. The summed E-state index contributed by atoms with van der Waals surface area (Å²) < 4.78 is 32.4. The predicted molar refractivity (Wildman–Crippen MR) is 116 cm³/mol. The molecule has 0 unspecified atom stereocenters. The van der Waals surface area contributed by atoms with Crippen LogP contribution in [0.1, 0.15) is 63.2 Å². The minimum atomic E-state index is -3.75. The lowest BCUT2D eigenvalue weighted by atomic mass is 9.90. The molecule has 0 aliphatic heterocycles. The SMILES string of the molecule is CC(C)[C@](C)(C#N)NC(=O)COC(=O)c1cccc(S(=O)(=O)N(C)C2CCCCC2)c1. The number of carbonyl (C=O) groups excluding carboxylic acids is 2. The minimum Gasteiger partial charge on any atom is -0.452 e. The van der Waals surface area contributed by atoms with E-state index in [1.165, 1.54) is 28.6 Å². The van der Waals surface area contributed by atoms with Gasteiger partial charge in [-0.2, -0.15) is 9.57 Å². The van der Waals surface area contributed by atoms with E-state index in [0.29, 0.717) is 0 Å². The van der Waals surface area contributed by atoms with Crippen LogP contribution in [0.4, 0.5) is 0 Å². The summed E-state index contributed by atoms with van der Waals surface area (Å²) in [4.78, 5) is 24.5. The van der Waals surface area contributed by atoms with E-state index >= 15 is 0 Å². The molecule has 0 radical (unpaired) electrons. The first kappa shape index (κ1) is 24.8. The molecule has 1 saturated carbocycles. The number of nitrogens with zero attached hydrogens (tertiary/aromatic N) is 2. The Hall–Kier alpha value is -2.44. The molecule has 2 rings (SSSR count). The van der Waals surface area contributed by atoms with E-state index in [1.54, 1.807) is 27.8 Å². The Morgan fingerprint density at radius 2 is 1.94 bits per heavy atom. The molecule has 1 aliphatic carbocycles. The van der Waals surface area contributed by atoms with Gasteiger partial charge in [-0.05, 0) is 43.9 Å². The van der Waals surface area contributed by atoms with E-state index in [-0.39, 0.29) is 22.4 Å². The largest absolute Gasteiger partial charge is 0.452 e. The van der Waals surface area contributed by atoms with Crippen LogP contribution in [-0.4, -0.2) is 49.8 Å². The van der Waals surface area contributed by atoms with Crippen LogP contribution >= 0.6 is 0 Å². The molecule has 1 fully saturated rings. The Morgan fingerprint density at radius 1 is 1.29 bits per heavy atom. The maximum absolute atomic E-state index is 13.0. The van der Waals surface area contributed by atoms with Crippen molar-refractivity contribution in [1.82, 2.24) is 9.62 Å². The van der Waals surface area contributed by atoms with Crippen molar-refractivity contribution in [3.05, 3.63) is 29.8 Å². The lowest BCUT2D eigenvalue weighted by Crippen LogP contribution is -2.50. The van der Waals surface area contributed by atoms with Crippen LogP contribution < -0.4 is 5.32 Å². The number of nitrogens with one attached hydrogen (secondary N) is 1. The highest BCUT2D eigenvalue weighted by Crippen LogP contribution is 2.26. The van der Waals surface area contributed by atoms with Gasteiger partial charge in [-0.15, -0.1) is 0 Å². The molecule has 0 saturated heterocycles. The maximum atomic E-state index is 13.0. The number of sulfonamides is 1. The molecule has 1 aromatic carbocycles. The molecule has 1 aliphatic rings. The van der Waals surface area contributed by atoms with E-state index < -0.39 is 34.0 Å². The number of ether oxygens (including phenoxy) is 1. The summed E-state index contributed by atoms with van der Waals surface area (Å²) in [5, 5.41) is 11.8. The second-order valence-electron chi connectivity index (χ2n) is 8.43. The zero-order chi connectivity index (χ0) is 23.2. The van der Waals surface area contributed by atoms with Crippen molar-refractivity contribution in [2.24, 2.45) is 5.92 Å². The number of benzene rings is 1. The second kappa shape index (κ2) is 10.2. The fraction of sp³-hybridized carbons (Fsp3) is 0.591. The molecule has 1 atom stereocenters. The molecule has 0 bridgehead atoms. The van der Waals surface area contributed by atoms with Crippen molar-refractivity contribution in [1.29, 1.82) is 5.26 Å². The van der Waals surface area contributed by atoms with Crippen LogP contribution in [0.15, 0.2) is 29.2 Å². The van der Waals surface area contributed by atoms with E-state index in [2.05, 4.69) is 5.32 Å². The van der Waals surface area contributed by atoms with Crippen molar-refractivity contribution in [2.75, 3.05) is 13.7 Å². The van der Waals surface area contributed by atoms with Gasteiger partial charge in [-0.3, -0.25) is 4.79 Å². The van der Waals surface area contributed by atoms with Crippen LogP contribution in [0, 0.1) is 17.2 Å². The van der Waals surface area contributed by atoms with Gasteiger partial charge in [0.1, 0.15) is 5.54 Å². The fourth-order valence-corrected chi connectivity index (χ4v) is 4.89. The lowest BCUT2D eigenvalue weighted by molar-refractivity contribution is -0.125. The average molecular weight is 450 g/mol. The Kier molecular flexibility index (Phi) is 8.21. The van der Waals surface area contributed by atoms with Crippen LogP contribution in [-0.2, 0) is 19.6 Å². The molecule has 0 spiro atoms. The number of hydrogen-bond donors (Lipinski definition) is 1. The number of hydrogen-bond acceptors (Lipinski definition) is 6. The summed E-state index contributed by atoms with van der Waals surface area (Å²) in [5.74, 6) is -1.55.